The quantitative estimate of drug-likeness (QED) is 0.244. The lowest BCUT2D eigenvalue weighted by molar-refractivity contribution is -0.402. The number of nitrogens with zero attached hydrogens (tertiary/aromatic N) is 4. The third-order valence-corrected chi connectivity index (χ3v) is 4.91. The summed E-state index contributed by atoms with van der Waals surface area (Å²) in [5.74, 6) is 0.430. The first-order valence-electron chi connectivity index (χ1n) is 8.91. The Labute approximate surface area is 171 Å². The van der Waals surface area contributed by atoms with Gasteiger partial charge >= 0.3 is 5.88 Å². The van der Waals surface area contributed by atoms with E-state index in [1.807, 2.05) is 41.8 Å². The summed E-state index contributed by atoms with van der Waals surface area (Å²) in [5.41, 5.74) is 5.09. The number of nitro groups is 1. The van der Waals surface area contributed by atoms with Gasteiger partial charge in [0.25, 0.3) is 0 Å². The maximum absolute atomic E-state index is 10.8. The number of hydrogen-bond acceptors (Lipinski definition) is 5. The van der Waals surface area contributed by atoms with E-state index in [4.69, 9.17) is 16.0 Å². The number of rotatable bonds is 5. The maximum atomic E-state index is 10.8. The Morgan fingerprint density at radius 3 is 2.72 bits per heavy atom. The van der Waals surface area contributed by atoms with E-state index in [0.29, 0.717) is 17.5 Å². The first-order chi connectivity index (χ1) is 13.9. The molecule has 7 nitrogen and oxygen atoms in total. The van der Waals surface area contributed by atoms with Gasteiger partial charge in [-0.2, -0.15) is 0 Å². The van der Waals surface area contributed by atoms with Gasteiger partial charge in [0.05, 0.1) is 29.9 Å². The Hall–Kier alpha value is -3.45. The van der Waals surface area contributed by atoms with Gasteiger partial charge < -0.3 is 8.98 Å². The predicted molar refractivity (Wildman–Crippen MR) is 112 cm³/mol. The van der Waals surface area contributed by atoms with Crippen LogP contribution in [0.1, 0.15) is 22.5 Å². The normalized spacial score (nSPS) is 11.6. The van der Waals surface area contributed by atoms with E-state index in [1.54, 1.807) is 0 Å². The third-order valence-electron chi connectivity index (χ3n) is 4.67. The minimum Gasteiger partial charge on any atom is -0.400 e. The third kappa shape index (κ3) is 3.90. The van der Waals surface area contributed by atoms with Gasteiger partial charge in [-0.1, -0.05) is 23.7 Å². The molecule has 4 rings (SSSR count). The van der Waals surface area contributed by atoms with Gasteiger partial charge in [0, 0.05) is 5.02 Å². The maximum Gasteiger partial charge on any atom is 0.433 e. The van der Waals surface area contributed by atoms with Crippen LogP contribution >= 0.6 is 11.6 Å². The fourth-order valence-electron chi connectivity index (χ4n) is 3.07. The SMILES string of the molecule is Cc1cc2nc(/N=C/c3ccc([N+](=O)[O-])o3)n(Cc3cccc(Cl)c3)c2cc1C. The van der Waals surface area contributed by atoms with E-state index in [0.717, 1.165) is 27.7 Å². The molecule has 0 unspecified atom stereocenters. The van der Waals surface area contributed by atoms with Crippen molar-refractivity contribution in [3.8, 4) is 0 Å². The number of aromatic nitrogens is 2. The number of halogens is 1. The summed E-state index contributed by atoms with van der Waals surface area (Å²) in [6.45, 7) is 4.62. The summed E-state index contributed by atoms with van der Waals surface area (Å²) in [6.07, 6.45) is 1.43. The van der Waals surface area contributed by atoms with E-state index in [-0.39, 0.29) is 11.6 Å². The summed E-state index contributed by atoms with van der Waals surface area (Å²) in [6, 6.07) is 14.5. The molecule has 2 aromatic carbocycles. The van der Waals surface area contributed by atoms with Crippen LogP contribution in [0.15, 0.2) is 57.9 Å². The number of imidazole rings is 1. The molecule has 0 bridgehead atoms. The molecule has 146 valence electrons. The Kier molecular flexibility index (Phi) is 4.90. The summed E-state index contributed by atoms with van der Waals surface area (Å²) in [5, 5.41) is 11.5. The number of furan rings is 1. The zero-order valence-corrected chi connectivity index (χ0v) is 16.6. The largest absolute Gasteiger partial charge is 0.433 e. The average molecular weight is 409 g/mol. The Morgan fingerprint density at radius 1 is 1.21 bits per heavy atom. The molecular weight excluding hydrogens is 392 g/mol. The second-order valence-corrected chi connectivity index (χ2v) is 7.18. The smallest absolute Gasteiger partial charge is 0.400 e. The molecule has 0 atom stereocenters. The molecule has 0 saturated carbocycles. The van der Waals surface area contributed by atoms with Crippen LogP contribution in [-0.2, 0) is 6.54 Å². The fourth-order valence-corrected chi connectivity index (χ4v) is 3.28. The van der Waals surface area contributed by atoms with Crippen LogP contribution in [0.3, 0.4) is 0 Å². The van der Waals surface area contributed by atoms with Crippen molar-refractivity contribution in [3.05, 3.63) is 86.1 Å². The van der Waals surface area contributed by atoms with Crippen molar-refractivity contribution in [2.75, 3.05) is 0 Å². The van der Waals surface area contributed by atoms with E-state index >= 15 is 0 Å². The van der Waals surface area contributed by atoms with Crippen molar-refractivity contribution in [1.82, 2.24) is 9.55 Å². The molecule has 0 spiro atoms. The second kappa shape index (κ2) is 7.52. The van der Waals surface area contributed by atoms with Gasteiger partial charge in [-0.15, -0.1) is 0 Å². The average Bonchev–Trinajstić information content (AvgIpc) is 3.27. The lowest BCUT2D eigenvalue weighted by atomic mass is 10.1. The van der Waals surface area contributed by atoms with Crippen LogP contribution in [0.4, 0.5) is 11.8 Å². The van der Waals surface area contributed by atoms with E-state index in [9.17, 15) is 10.1 Å². The summed E-state index contributed by atoms with van der Waals surface area (Å²) < 4.78 is 7.14. The van der Waals surface area contributed by atoms with Crippen molar-refractivity contribution < 1.29 is 9.34 Å². The molecule has 2 aromatic heterocycles. The highest BCUT2D eigenvalue weighted by Gasteiger charge is 2.14. The van der Waals surface area contributed by atoms with Crippen molar-refractivity contribution in [2.24, 2.45) is 4.99 Å². The number of benzene rings is 2. The summed E-state index contributed by atoms with van der Waals surface area (Å²) in [4.78, 5) is 19.3. The zero-order chi connectivity index (χ0) is 20.5. The monoisotopic (exact) mass is 408 g/mol. The number of aryl methyl sites for hydroxylation is 2. The van der Waals surface area contributed by atoms with Gasteiger partial charge in [0.1, 0.15) is 4.92 Å². The van der Waals surface area contributed by atoms with Gasteiger partial charge in [0.2, 0.25) is 5.95 Å². The van der Waals surface area contributed by atoms with Crippen molar-refractivity contribution in [1.29, 1.82) is 0 Å². The summed E-state index contributed by atoms with van der Waals surface area (Å²) in [7, 11) is 0. The highest BCUT2D eigenvalue weighted by atomic mass is 35.5. The first-order valence-corrected chi connectivity index (χ1v) is 9.29. The Morgan fingerprint density at radius 2 is 2.00 bits per heavy atom. The van der Waals surface area contributed by atoms with Gasteiger partial charge in [-0.3, -0.25) is 10.1 Å². The number of fused-ring (bicyclic) bond motifs is 1. The van der Waals surface area contributed by atoms with Gasteiger partial charge in [0.15, 0.2) is 5.76 Å². The van der Waals surface area contributed by atoms with E-state index in [2.05, 4.69) is 23.0 Å². The van der Waals surface area contributed by atoms with Crippen molar-refractivity contribution in [3.63, 3.8) is 0 Å². The number of aliphatic imine (C=N–C) groups is 1. The molecular formula is C21H17ClN4O3. The molecule has 0 aliphatic rings. The van der Waals surface area contributed by atoms with Crippen LogP contribution in [0.25, 0.3) is 11.0 Å². The van der Waals surface area contributed by atoms with Crippen molar-refractivity contribution in [2.45, 2.75) is 20.4 Å². The van der Waals surface area contributed by atoms with Crippen LogP contribution < -0.4 is 0 Å². The lowest BCUT2D eigenvalue weighted by Crippen LogP contribution is -2.00. The molecule has 0 saturated heterocycles. The minimum absolute atomic E-state index is 0.283. The first kappa shape index (κ1) is 18.9. The molecule has 4 aromatic rings. The molecule has 0 radical (unpaired) electrons. The Bertz CT molecular complexity index is 1260. The highest BCUT2D eigenvalue weighted by molar-refractivity contribution is 6.30. The molecule has 0 N–H and O–H groups in total. The lowest BCUT2D eigenvalue weighted by Gasteiger charge is -2.08. The molecule has 0 aliphatic carbocycles. The van der Waals surface area contributed by atoms with Crippen molar-refractivity contribution >= 4 is 40.7 Å². The van der Waals surface area contributed by atoms with Crippen LogP contribution in [0.2, 0.25) is 5.02 Å². The summed E-state index contributed by atoms with van der Waals surface area (Å²) >= 11 is 6.14. The van der Waals surface area contributed by atoms with E-state index in [1.165, 1.54) is 18.3 Å². The standard InChI is InChI=1S/C21H17ClN4O3/c1-13-8-18-19(9-14(13)2)25(12-15-4-3-5-16(22)10-15)21(24-18)23-11-17-6-7-20(29-17)26(27)28/h3-11H,12H2,1-2H3/b23-11+. The molecule has 0 amide bonds. The van der Waals surface area contributed by atoms with Crippen LogP contribution in [0, 0.1) is 24.0 Å². The molecule has 8 heteroatoms. The molecule has 0 aliphatic heterocycles. The topological polar surface area (TPSA) is 86.5 Å². The molecule has 0 fully saturated rings. The van der Waals surface area contributed by atoms with Gasteiger partial charge in [-0.05, 0) is 60.9 Å². The fraction of sp³-hybridized carbons (Fsp3) is 0.143. The molecule has 29 heavy (non-hydrogen) atoms. The zero-order valence-electron chi connectivity index (χ0n) is 15.8. The van der Waals surface area contributed by atoms with Gasteiger partial charge in [-0.25, -0.2) is 9.98 Å². The number of hydrogen-bond donors (Lipinski definition) is 0. The second-order valence-electron chi connectivity index (χ2n) is 6.74. The van der Waals surface area contributed by atoms with Crippen LogP contribution in [-0.4, -0.2) is 20.7 Å². The minimum atomic E-state index is -0.586. The predicted octanol–water partition coefficient (Wildman–Crippen LogP) is 5.61. The van der Waals surface area contributed by atoms with E-state index < -0.39 is 4.92 Å². The Balaban J connectivity index is 1.78. The highest BCUT2D eigenvalue weighted by Crippen LogP contribution is 2.27. The van der Waals surface area contributed by atoms with Crippen LogP contribution in [0.5, 0.6) is 0 Å². The molecule has 2 heterocycles.